The van der Waals surface area contributed by atoms with Gasteiger partial charge in [-0.15, -0.1) is 0 Å². The third-order valence-electron chi connectivity index (χ3n) is 2.47. The molecule has 16 heavy (non-hydrogen) atoms. The van der Waals surface area contributed by atoms with Crippen LogP contribution < -0.4 is 11.2 Å². The van der Waals surface area contributed by atoms with Crippen molar-refractivity contribution in [1.29, 1.82) is 0 Å². The summed E-state index contributed by atoms with van der Waals surface area (Å²) in [6.07, 6.45) is 8.71. The van der Waals surface area contributed by atoms with Crippen LogP contribution in [0.15, 0.2) is 40.0 Å². The highest BCUT2D eigenvalue weighted by Gasteiger charge is 2.10. The molecule has 1 aromatic heterocycles. The number of nitrogens with one attached hydrogen (secondary N) is 1. The van der Waals surface area contributed by atoms with Crippen LogP contribution in [0.2, 0.25) is 5.15 Å². The largest absolute Gasteiger partial charge is 0.329 e. The van der Waals surface area contributed by atoms with E-state index < -0.39 is 5.69 Å². The Labute approximate surface area is 96.9 Å². The van der Waals surface area contributed by atoms with Gasteiger partial charge in [-0.25, -0.2) is 4.79 Å². The molecule has 1 atom stereocenters. The average Bonchev–Trinajstić information content (AvgIpc) is 2.25. The number of hydrogen-bond donors (Lipinski definition) is 1. The van der Waals surface area contributed by atoms with Gasteiger partial charge in [0.1, 0.15) is 5.15 Å². The molecule has 0 amide bonds. The van der Waals surface area contributed by atoms with E-state index in [1.807, 2.05) is 24.3 Å². The van der Waals surface area contributed by atoms with E-state index in [0.717, 1.165) is 6.42 Å². The number of H-pyrrole nitrogens is 1. The second kappa shape index (κ2) is 4.53. The third-order valence-corrected chi connectivity index (χ3v) is 2.68. The first-order valence-corrected chi connectivity index (χ1v) is 5.37. The van der Waals surface area contributed by atoms with E-state index in [9.17, 15) is 9.59 Å². The molecular formula is C11H11ClN2O2. The van der Waals surface area contributed by atoms with Gasteiger partial charge in [-0.3, -0.25) is 14.3 Å². The lowest BCUT2D eigenvalue weighted by atomic mass is 10.0. The number of rotatable bonds is 2. The second-order valence-corrected chi connectivity index (χ2v) is 4.09. The lowest BCUT2D eigenvalue weighted by Gasteiger charge is -2.13. The summed E-state index contributed by atoms with van der Waals surface area (Å²) in [5, 5.41) is 0.0744. The standard InChI is InChI=1S/C11H11ClN2O2/c12-9-6-10(15)14(11(16)13-9)7-8-4-2-1-3-5-8/h1-4,6,8H,5,7H2,(H,13,16). The number of halogens is 1. The van der Waals surface area contributed by atoms with Crippen molar-refractivity contribution in [2.45, 2.75) is 13.0 Å². The minimum atomic E-state index is -0.458. The van der Waals surface area contributed by atoms with E-state index in [2.05, 4.69) is 4.98 Å². The molecule has 5 heteroatoms. The molecule has 1 N–H and O–H groups in total. The van der Waals surface area contributed by atoms with E-state index in [1.54, 1.807) is 0 Å². The second-order valence-electron chi connectivity index (χ2n) is 3.68. The highest BCUT2D eigenvalue weighted by molar-refractivity contribution is 6.29. The van der Waals surface area contributed by atoms with E-state index in [0.29, 0.717) is 6.54 Å². The van der Waals surface area contributed by atoms with Gasteiger partial charge in [-0.2, -0.15) is 0 Å². The van der Waals surface area contributed by atoms with Crippen LogP contribution in [0.5, 0.6) is 0 Å². The topological polar surface area (TPSA) is 54.9 Å². The molecule has 4 nitrogen and oxygen atoms in total. The number of nitrogens with zero attached hydrogens (tertiary/aromatic N) is 1. The van der Waals surface area contributed by atoms with Gasteiger partial charge in [-0.1, -0.05) is 35.9 Å². The Bertz CT molecular complexity index is 523. The quantitative estimate of drug-likeness (QED) is 0.791. The van der Waals surface area contributed by atoms with Crippen LogP contribution in [0.1, 0.15) is 6.42 Å². The van der Waals surface area contributed by atoms with Crippen molar-refractivity contribution in [1.82, 2.24) is 9.55 Å². The molecule has 1 aliphatic carbocycles. The fraction of sp³-hybridized carbons (Fsp3) is 0.273. The van der Waals surface area contributed by atoms with Gasteiger partial charge in [0.15, 0.2) is 0 Å². The van der Waals surface area contributed by atoms with Crippen LogP contribution in [0.3, 0.4) is 0 Å². The monoisotopic (exact) mass is 238 g/mol. The molecule has 0 aromatic carbocycles. The molecule has 0 fully saturated rings. The first kappa shape index (κ1) is 11.0. The number of aromatic nitrogens is 2. The summed E-state index contributed by atoms with van der Waals surface area (Å²) in [5.41, 5.74) is -0.822. The highest BCUT2D eigenvalue weighted by atomic mass is 35.5. The van der Waals surface area contributed by atoms with Crippen LogP contribution in [0.25, 0.3) is 0 Å². The molecule has 1 unspecified atom stereocenters. The van der Waals surface area contributed by atoms with Crippen LogP contribution >= 0.6 is 11.6 Å². The smallest absolute Gasteiger partial charge is 0.298 e. The molecule has 0 bridgehead atoms. The first-order chi connectivity index (χ1) is 7.66. The zero-order valence-corrected chi connectivity index (χ0v) is 9.28. The van der Waals surface area contributed by atoms with Gasteiger partial charge < -0.3 is 0 Å². The van der Waals surface area contributed by atoms with Crippen LogP contribution in [-0.4, -0.2) is 9.55 Å². The minimum Gasteiger partial charge on any atom is -0.298 e. The van der Waals surface area contributed by atoms with Gasteiger partial charge in [0.2, 0.25) is 0 Å². The Balaban J connectivity index is 2.28. The van der Waals surface area contributed by atoms with Gasteiger partial charge in [0.25, 0.3) is 5.56 Å². The summed E-state index contributed by atoms with van der Waals surface area (Å²) < 4.78 is 1.17. The molecule has 84 valence electrons. The van der Waals surface area contributed by atoms with Gasteiger partial charge in [0.05, 0.1) is 0 Å². The average molecular weight is 239 g/mol. The fourth-order valence-corrected chi connectivity index (χ4v) is 1.84. The molecule has 2 rings (SSSR count). The Morgan fingerprint density at radius 3 is 2.88 bits per heavy atom. The Morgan fingerprint density at radius 1 is 1.44 bits per heavy atom. The van der Waals surface area contributed by atoms with Gasteiger partial charge in [0, 0.05) is 12.6 Å². The summed E-state index contributed by atoms with van der Waals surface area (Å²) in [6, 6.07) is 1.21. The molecule has 1 aromatic rings. The predicted octanol–water partition coefficient (Wildman–Crippen LogP) is 1.32. The van der Waals surface area contributed by atoms with Crippen LogP contribution in [0, 0.1) is 5.92 Å². The molecule has 0 aliphatic heterocycles. The third kappa shape index (κ3) is 2.33. The van der Waals surface area contributed by atoms with Crippen molar-refractivity contribution < 1.29 is 0 Å². The van der Waals surface area contributed by atoms with Crippen LogP contribution in [-0.2, 0) is 6.54 Å². The van der Waals surface area contributed by atoms with Crippen molar-refractivity contribution in [3.63, 3.8) is 0 Å². The molecular weight excluding hydrogens is 228 g/mol. The predicted molar refractivity (Wildman–Crippen MR) is 62.7 cm³/mol. The molecule has 1 aliphatic rings. The molecule has 1 heterocycles. The summed E-state index contributed by atoms with van der Waals surface area (Å²) in [4.78, 5) is 25.5. The highest BCUT2D eigenvalue weighted by Crippen LogP contribution is 2.12. The van der Waals surface area contributed by atoms with Crippen molar-refractivity contribution >= 4 is 11.6 Å². The summed E-state index contributed by atoms with van der Waals surface area (Å²) in [6.45, 7) is 0.381. The SMILES string of the molecule is O=c1cc(Cl)[nH]c(=O)n1CC1C=CC=CC1. The first-order valence-electron chi connectivity index (χ1n) is 5.00. The molecule has 0 saturated carbocycles. The Hall–Kier alpha value is -1.55. The normalized spacial score (nSPS) is 18.9. The summed E-state index contributed by atoms with van der Waals surface area (Å²) >= 11 is 5.57. The zero-order chi connectivity index (χ0) is 11.5. The van der Waals surface area contributed by atoms with E-state index in [4.69, 9.17) is 11.6 Å². The maximum atomic E-state index is 11.6. The molecule has 0 saturated heterocycles. The van der Waals surface area contributed by atoms with Crippen molar-refractivity contribution in [3.8, 4) is 0 Å². The van der Waals surface area contributed by atoms with Crippen molar-refractivity contribution in [3.05, 3.63) is 56.4 Å². The number of allylic oxidation sites excluding steroid dienone is 4. The van der Waals surface area contributed by atoms with Crippen LogP contribution in [0.4, 0.5) is 0 Å². The Kier molecular flexibility index (Phi) is 3.10. The minimum absolute atomic E-state index is 0.0744. The zero-order valence-electron chi connectivity index (χ0n) is 8.52. The van der Waals surface area contributed by atoms with Gasteiger partial charge in [-0.05, 0) is 12.3 Å². The van der Waals surface area contributed by atoms with E-state index in [-0.39, 0.29) is 16.6 Å². The summed E-state index contributed by atoms with van der Waals surface area (Å²) in [7, 11) is 0. The maximum absolute atomic E-state index is 11.6. The summed E-state index contributed by atoms with van der Waals surface area (Å²) in [5.74, 6) is 0.185. The van der Waals surface area contributed by atoms with E-state index >= 15 is 0 Å². The maximum Gasteiger partial charge on any atom is 0.329 e. The molecule has 0 radical (unpaired) electrons. The number of aromatic amines is 1. The lowest BCUT2D eigenvalue weighted by Crippen LogP contribution is -2.36. The van der Waals surface area contributed by atoms with Crippen molar-refractivity contribution in [2.75, 3.05) is 0 Å². The lowest BCUT2D eigenvalue weighted by molar-refractivity contribution is 0.500. The van der Waals surface area contributed by atoms with Crippen molar-refractivity contribution in [2.24, 2.45) is 5.92 Å². The van der Waals surface area contributed by atoms with Gasteiger partial charge >= 0.3 is 5.69 Å². The number of hydrogen-bond acceptors (Lipinski definition) is 2. The fourth-order valence-electron chi connectivity index (χ4n) is 1.67. The van der Waals surface area contributed by atoms with E-state index in [1.165, 1.54) is 10.6 Å². The molecule has 0 spiro atoms. The Morgan fingerprint density at radius 2 is 2.25 bits per heavy atom.